The molecule has 1 N–H and O–H groups in total. The number of carbonyl (C=O) groups is 1. The van der Waals surface area contributed by atoms with Crippen LogP contribution < -0.4 is 10.1 Å². The van der Waals surface area contributed by atoms with Crippen LogP contribution in [0.4, 0.5) is 4.39 Å². The Bertz CT molecular complexity index is 698. The molecule has 2 rings (SSSR count). The highest BCUT2D eigenvalue weighted by atomic mass is 35.5. The van der Waals surface area contributed by atoms with Crippen LogP contribution in [0.25, 0.3) is 0 Å². The summed E-state index contributed by atoms with van der Waals surface area (Å²) in [6, 6.07) is 6.83. The number of carbonyl (C=O) groups excluding carboxylic acids is 1. The molecule has 1 heterocycles. The Morgan fingerprint density at radius 3 is 2.83 bits per heavy atom. The van der Waals surface area contributed by atoms with Gasteiger partial charge < -0.3 is 10.1 Å². The van der Waals surface area contributed by atoms with E-state index in [-0.39, 0.29) is 29.3 Å². The van der Waals surface area contributed by atoms with Gasteiger partial charge in [-0.15, -0.1) is 0 Å². The molecule has 4 nitrogen and oxygen atoms in total. The van der Waals surface area contributed by atoms with Crippen LogP contribution >= 0.6 is 23.2 Å². The van der Waals surface area contributed by atoms with Gasteiger partial charge in [0.05, 0.1) is 17.3 Å². The van der Waals surface area contributed by atoms with Gasteiger partial charge in [0.25, 0.3) is 5.91 Å². The van der Waals surface area contributed by atoms with Crippen LogP contribution in [0.1, 0.15) is 23.7 Å². The molecule has 1 amide bonds. The molecule has 1 unspecified atom stereocenters. The molecule has 0 aliphatic heterocycles. The van der Waals surface area contributed by atoms with E-state index >= 15 is 0 Å². The van der Waals surface area contributed by atoms with Crippen LogP contribution in [0.2, 0.25) is 10.2 Å². The molecule has 0 bridgehead atoms. The highest BCUT2D eigenvalue weighted by molar-refractivity contribution is 6.41. The maximum absolute atomic E-state index is 13.2. The van der Waals surface area contributed by atoms with Gasteiger partial charge in [0, 0.05) is 11.6 Å². The first-order valence-electron chi connectivity index (χ1n) is 7.00. The predicted molar refractivity (Wildman–Crippen MR) is 87.7 cm³/mol. The van der Waals surface area contributed by atoms with E-state index in [0.29, 0.717) is 17.2 Å². The second-order valence-electron chi connectivity index (χ2n) is 4.84. The Balaban J connectivity index is 1.94. The predicted octanol–water partition coefficient (Wildman–Crippen LogP) is 4.11. The molecule has 0 aliphatic rings. The summed E-state index contributed by atoms with van der Waals surface area (Å²) in [6.45, 7) is 2.14. The molecule has 1 aromatic heterocycles. The van der Waals surface area contributed by atoms with Crippen LogP contribution in [0, 0.1) is 5.82 Å². The number of ether oxygens (including phenoxy) is 1. The van der Waals surface area contributed by atoms with Gasteiger partial charge in [-0.05, 0) is 24.6 Å². The van der Waals surface area contributed by atoms with Gasteiger partial charge in [0.2, 0.25) is 0 Å². The summed E-state index contributed by atoms with van der Waals surface area (Å²) in [7, 11) is 0. The van der Waals surface area contributed by atoms with Crippen LogP contribution in [0.3, 0.4) is 0 Å². The molecule has 1 aromatic carbocycles. The summed E-state index contributed by atoms with van der Waals surface area (Å²) in [5, 5.41) is 3.29. The fraction of sp³-hybridized carbons (Fsp3) is 0.250. The number of nitrogens with one attached hydrogen (secondary N) is 1. The Labute approximate surface area is 143 Å². The quantitative estimate of drug-likeness (QED) is 0.792. The summed E-state index contributed by atoms with van der Waals surface area (Å²) in [4.78, 5) is 16.0. The Morgan fingerprint density at radius 1 is 1.39 bits per heavy atom. The van der Waals surface area contributed by atoms with Crippen LogP contribution in [0.5, 0.6) is 5.75 Å². The first-order chi connectivity index (χ1) is 11.0. The molecule has 1 atom stereocenters. The largest absolute Gasteiger partial charge is 0.490 e. The number of benzene rings is 1. The second kappa shape index (κ2) is 8.13. The molecule has 0 fully saturated rings. The standard InChI is InChI=1S/C16H15Cl2FN2O2/c1-2-12(9-23-13-7-14(17)15(18)20-8-13)21-16(22)10-4-3-5-11(19)6-10/h3-8,12H,2,9H2,1H3,(H,21,22). The van der Waals surface area contributed by atoms with Gasteiger partial charge >= 0.3 is 0 Å². The maximum atomic E-state index is 13.2. The first-order valence-corrected chi connectivity index (χ1v) is 7.75. The van der Waals surface area contributed by atoms with Crippen molar-refractivity contribution in [1.29, 1.82) is 0 Å². The Morgan fingerprint density at radius 2 is 2.17 bits per heavy atom. The number of halogens is 3. The van der Waals surface area contributed by atoms with Gasteiger partial charge in [-0.2, -0.15) is 0 Å². The van der Waals surface area contributed by atoms with E-state index in [0.717, 1.165) is 0 Å². The van der Waals surface area contributed by atoms with Gasteiger partial charge in [-0.1, -0.05) is 36.2 Å². The third-order valence-electron chi connectivity index (χ3n) is 3.14. The minimum absolute atomic E-state index is 0.200. The molecule has 7 heteroatoms. The number of pyridine rings is 1. The topological polar surface area (TPSA) is 51.2 Å². The monoisotopic (exact) mass is 356 g/mol. The summed E-state index contributed by atoms with van der Waals surface area (Å²) >= 11 is 11.6. The molecule has 2 aromatic rings. The van der Waals surface area contributed by atoms with Crippen molar-refractivity contribution in [2.24, 2.45) is 0 Å². The number of aromatic nitrogens is 1. The number of amides is 1. The van der Waals surface area contributed by atoms with Gasteiger partial charge in [-0.25, -0.2) is 9.37 Å². The van der Waals surface area contributed by atoms with Crippen LogP contribution in [-0.2, 0) is 0 Å². The van der Waals surface area contributed by atoms with E-state index in [4.69, 9.17) is 27.9 Å². The number of rotatable bonds is 6. The van der Waals surface area contributed by atoms with Crippen molar-refractivity contribution >= 4 is 29.1 Å². The Hall–Kier alpha value is -1.85. The molecule has 23 heavy (non-hydrogen) atoms. The lowest BCUT2D eigenvalue weighted by molar-refractivity contribution is 0.0919. The molecule has 122 valence electrons. The zero-order valence-electron chi connectivity index (χ0n) is 12.4. The van der Waals surface area contributed by atoms with E-state index < -0.39 is 5.82 Å². The van der Waals surface area contributed by atoms with Crippen molar-refractivity contribution in [2.75, 3.05) is 6.61 Å². The molecular weight excluding hydrogens is 342 g/mol. The van der Waals surface area contributed by atoms with Crippen molar-refractivity contribution in [2.45, 2.75) is 19.4 Å². The molecule has 0 saturated carbocycles. The van der Waals surface area contributed by atoms with Crippen molar-refractivity contribution in [3.05, 3.63) is 58.1 Å². The molecular formula is C16H15Cl2FN2O2. The lowest BCUT2D eigenvalue weighted by Gasteiger charge is -2.18. The number of nitrogens with zero attached hydrogens (tertiary/aromatic N) is 1. The minimum Gasteiger partial charge on any atom is -0.490 e. The minimum atomic E-state index is -0.455. The van der Waals surface area contributed by atoms with Crippen molar-refractivity contribution in [3.63, 3.8) is 0 Å². The first kappa shape index (κ1) is 17.5. The zero-order chi connectivity index (χ0) is 16.8. The van der Waals surface area contributed by atoms with E-state index in [9.17, 15) is 9.18 Å². The number of hydrogen-bond acceptors (Lipinski definition) is 3. The van der Waals surface area contributed by atoms with Crippen molar-refractivity contribution < 1.29 is 13.9 Å². The lowest BCUT2D eigenvalue weighted by atomic mass is 10.1. The summed E-state index contributed by atoms with van der Waals surface area (Å²) in [5.74, 6) is -0.353. The summed E-state index contributed by atoms with van der Waals surface area (Å²) in [6.07, 6.45) is 2.10. The highest BCUT2D eigenvalue weighted by Crippen LogP contribution is 2.23. The van der Waals surface area contributed by atoms with Gasteiger partial charge in [-0.3, -0.25) is 4.79 Å². The van der Waals surface area contributed by atoms with Crippen LogP contribution in [0.15, 0.2) is 36.5 Å². The third kappa shape index (κ3) is 5.08. The average Bonchev–Trinajstić information content (AvgIpc) is 2.54. The third-order valence-corrected chi connectivity index (χ3v) is 3.82. The molecule has 0 saturated heterocycles. The van der Waals surface area contributed by atoms with E-state index in [1.54, 1.807) is 12.1 Å². The average molecular weight is 357 g/mol. The molecule has 0 aliphatic carbocycles. The Kier molecular flexibility index (Phi) is 6.19. The van der Waals surface area contributed by atoms with Gasteiger partial charge in [0.15, 0.2) is 0 Å². The van der Waals surface area contributed by atoms with E-state index in [1.807, 2.05) is 6.92 Å². The van der Waals surface area contributed by atoms with Crippen molar-refractivity contribution in [1.82, 2.24) is 10.3 Å². The van der Waals surface area contributed by atoms with Gasteiger partial charge in [0.1, 0.15) is 23.3 Å². The summed E-state index contributed by atoms with van der Waals surface area (Å²) in [5.41, 5.74) is 0.264. The fourth-order valence-electron chi connectivity index (χ4n) is 1.84. The van der Waals surface area contributed by atoms with Crippen molar-refractivity contribution in [3.8, 4) is 5.75 Å². The van der Waals surface area contributed by atoms with E-state index in [1.165, 1.54) is 24.4 Å². The van der Waals surface area contributed by atoms with E-state index in [2.05, 4.69) is 10.3 Å². The lowest BCUT2D eigenvalue weighted by Crippen LogP contribution is -2.38. The highest BCUT2D eigenvalue weighted by Gasteiger charge is 2.14. The number of hydrogen-bond donors (Lipinski definition) is 1. The van der Waals surface area contributed by atoms with Crippen LogP contribution in [-0.4, -0.2) is 23.5 Å². The smallest absolute Gasteiger partial charge is 0.251 e. The zero-order valence-corrected chi connectivity index (χ0v) is 13.9. The molecule has 0 radical (unpaired) electrons. The maximum Gasteiger partial charge on any atom is 0.251 e. The summed E-state index contributed by atoms with van der Waals surface area (Å²) < 4.78 is 18.7. The fourth-order valence-corrected chi connectivity index (χ4v) is 2.10. The normalized spacial score (nSPS) is 11.8. The second-order valence-corrected chi connectivity index (χ2v) is 5.61. The molecule has 0 spiro atoms. The SMILES string of the molecule is CCC(COc1cnc(Cl)c(Cl)c1)NC(=O)c1cccc(F)c1.